The molecule has 0 aliphatic rings. The lowest BCUT2D eigenvalue weighted by molar-refractivity contribution is 0.326. The highest BCUT2D eigenvalue weighted by Gasteiger charge is 2.03. The first-order valence-corrected chi connectivity index (χ1v) is 7.66. The van der Waals surface area contributed by atoms with Crippen molar-refractivity contribution in [3.63, 3.8) is 0 Å². The Hall–Kier alpha value is -1.71. The summed E-state index contributed by atoms with van der Waals surface area (Å²) < 4.78 is 0. The van der Waals surface area contributed by atoms with E-state index in [0.717, 1.165) is 44.0 Å². The predicted octanol–water partition coefficient (Wildman–Crippen LogP) is 2.87. The number of likely N-dealkylation sites (N-methyl/N-ethyl adjacent to an activating group) is 1. The van der Waals surface area contributed by atoms with Crippen molar-refractivity contribution < 1.29 is 0 Å². The van der Waals surface area contributed by atoms with Crippen molar-refractivity contribution in [1.82, 2.24) is 15.2 Å². The van der Waals surface area contributed by atoms with Crippen LogP contribution in [-0.2, 0) is 19.5 Å². The summed E-state index contributed by atoms with van der Waals surface area (Å²) in [5, 5.41) is 3.32. The molecule has 0 fully saturated rings. The van der Waals surface area contributed by atoms with Gasteiger partial charge in [0.05, 0.1) is 11.4 Å². The normalized spacial score (nSPS) is 11.0. The Bertz CT molecular complexity index is 525. The summed E-state index contributed by atoms with van der Waals surface area (Å²) in [7, 11) is 2.15. The van der Waals surface area contributed by atoms with Gasteiger partial charge in [0.25, 0.3) is 0 Å². The van der Waals surface area contributed by atoms with Crippen molar-refractivity contribution in [2.75, 3.05) is 20.1 Å². The van der Waals surface area contributed by atoms with Crippen molar-refractivity contribution >= 4 is 0 Å². The van der Waals surface area contributed by atoms with Gasteiger partial charge in [0.1, 0.15) is 0 Å². The van der Waals surface area contributed by atoms with Crippen molar-refractivity contribution in [3.8, 4) is 0 Å². The van der Waals surface area contributed by atoms with Crippen LogP contribution in [0.15, 0.2) is 48.5 Å². The Morgan fingerprint density at radius 3 is 2.52 bits per heavy atom. The van der Waals surface area contributed by atoms with Gasteiger partial charge in [-0.3, -0.25) is 4.98 Å². The second kappa shape index (κ2) is 8.55. The first kappa shape index (κ1) is 15.7. The molecule has 1 heterocycles. The molecule has 0 saturated heterocycles. The van der Waals surface area contributed by atoms with Crippen molar-refractivity contribution in [2.45, 2.75) is 26.4 Å². The van der Waals surface area contributed by atoms with Gasteiger partial charge in [-0.15, -0.1) is 0 Å². The van der Waals surface area contributed by atoms with Crippen LogP contribution >= 0.6 is 0 Å². The lowest BCUT2D eigenvalue weighted by atomic mass is 10.1. The molecule has 0 spiro atoms. The number of rotatable bonds is 8. The van der Waals surface area contributed by atoms with Crippen LogP contribution in [0.1, 0.15) is 23.9 Å². The quantitative estimate of drug-likeness (QED) is 0.807. The van der Waals surface area contributed by atoms with Gasteiger partial charge in [-0.2, -0.15) is 0 Å². The van der Waals surface area contributed by atoms with E-state index in [0.29, 0.717) is 0 Å². The van der Waals surface area contributed by atoms with E-state index >= 15 is 0 Å². The number of hydrogen-bond donors (Lipinski definition) is 1. The van der Waals surface area contributed by atoms with E-state index in [9.17, 15) is 0 Å². The molecular formula is C18H25N3. The third-order valence-corrected chi connectivity index (χ3v) is 3.48. The van der Waals surface area contributed by atoms with Gasteiger partial charge in [0.2, 0.25) is 0 Å². The van der Waals surface area contributed by atoms with E-state index in [2.05, 4.69) is 72.7 Å². The van der Waals surface area contributed by atoms with Crippen molar-refractivity contribution in [3.05, 3.63) is 65.5 Å². The van der Waals surface area contributed by atoms with E-state index in [-0.39, 0.29) is 0 Å². The van der Waals surface area contributed by atoms with Gasteiger partial charge < -0.3 is 10.2 Å². The van der Waals surface area contributed by atoms with E-state index in [1.807, 2.05) is 0 Å². The molecule has 0 atom stereocenters. The third-order valence-electron chi connectivity index (χ3n) is 3.48. The van der Waals surface area contributed by atoms with Gasteiger partial charge in [0, 0.05) is 19.6 Å². The van der Waals surface area contributed by atoms with Crippen LogP contribution in [0.5, 0.6) is 0 Å². The van der Waals surface area contributed by atoms with Crippen LogP contribution in [0.2, 0.25) is 0 Å². The smallest absolute Gasteiger partial charge is 0.0547 e. The number of hydrogen-bond acceptors (Lipinski definition) is 3. The van der Waals surface area contributed by atoms with Gasteiger partial charge >= 0.3 is 0 Å². The predicted molar refractivity (Wildman–Crippen MR) is 88.1 cm³/mol. The molecule has 0 amide bonds. The highest BCUT2D eigenvalue weighted by Crippen LogP contribution is 2.05. The maximum absolute atomic E-state index is 4.70. The number of benzene rings is 1. The van der Waals surface area contributed by atoms with Crippen LogP contribution in [-0.4, -0.2) is 30.0 Å². The average molecular weight is 283 g/mol. The standard InChI is InChI=1S/C18H25N3/c1-3-19-14-17-10-7-11-18(20-17)15-21(2)13-12-16-8-5-4-6-9-16/h4-11,19H,3,12-15H2,1-2H3. The Labute approximate surface area is 128 Å². The minimum absolute atomic E-state index is 0.845. The Morgan fingerprint density at radius 1 is 1.00 bits per heavy atom. The van der Waals surface area contributed by atoms with Gasteiger partial charge in [-0.05, 0) is 37.7 Å². The Morgan fingerprint density at radius 2 is 1.76 bits per heavy atom. The zero-order chi connectivity index (χ0) is 14.9. The fourth-order valence-electron chi connectivity index (χ4n) is 2.29. The molecule has 2 rings (SSSR count). The molecule has 1 aromatic heterocycles. The lowest BCUT2D eigenvalue weighted by Crippen LogP contribution is -2.22. The second-order valence-corrected chi connectivity index (χ2v) is 5.37. The molecule has 112 valence electrons. The van der Waals surface area contributed by atoms with Gasteiger partial charge in [-0.1, -0.05) is 43.3 Å². The molecule has 1 aromatic carbocycles. The summed E-state index contributed by atoms with van der Waals surface area (Å²) in [5.74, 6) is 0. The second-order valence-electron chi connectivity index (χ2n) is 5.37. The summed E-state index contributed by atoms with van der Waals surface area (Å²) in [6, 6.07) is 16.9. The molecule has 0 saturated carbocycles. The highest BCUT2D eigenvalue weighted by atomic mass is 15.1. The fourth-order valence-corrected chi connectivity index (χ4v) is 2.29. The molecule has 2 aromatic rings. The van der Waals surface area contributed by atoms with E-state index < -0.39 is 0 Å². The molecule has 3 nitrogen and oxygen atoms in total. The summed E-state index contributed by atoms with van der Waals surface area (Å²) in [5.41, 5.74) is 3.64. The topological polar surface area (TPSA) is 28.2 Å². The van der Waals surface area contributed by atoms with Crippen LogP contribution < -0.4 is 5.32 Å². The molecule has 0 unspecified atom stereocenters. The van der Waals surface area contributed by atoms with E-state index in [4.69, 9.17) is 4.98 Å². The fraction of sp³-hybridized carbons (Fsp3) is 0.389. The molecule has 0 bridgehead atoms. The maximum Gasteiger partial charge on any atom is 0.0547 e. The van der Waals surface area contributed by atoms with Gasteiger partial charge in [0.15, 0.2) is 0 Å². The minimum atomic E-state index is 0.845. The zero-order valence-electron chi connectivity index (χ0n) is 13.0. The van der Waals surface area contributed by atoms with Crippen LogP contribution in [0.3, 0.4) is 0 Å². The SMILES string of the molecule is CCNCc1cccc(CN(C)CCc2ccccc2)n1. The van der Waals surface area contributed by atoms with E-state index in [1.165, 1.54) is 5.56 Å². The Kier molecular flexibility index (Phi) is 6.38. The monoisotopic (exact) mass is 283 g/mol. The maximum atomic E-state index is 4.70. The Balaban J connectivity index is 1.83. The molecule has 3 heteroatoms. The molecular weight excluding hydrogens is 258 g/mol. The lowest BCUT2D eigenvalue weighted by Gasteiger charge is -2.16. The minimum Gasteiger partial charge on any atom is -0.311 e. The number of aromatic nitrogens is 1. The summed E-state index contributed by atoms with van der Waals surface area (Å²) in [6.45, 7) is 5.87. The summed E-state index contributed by atoms with van der Waals surface area (Å²) in [6.07, 6.45) is 1.08. The summed E-state index contributed by atoms with van der Waals surface area (Å²) >= 11 is 0. The van der Waals surface area contributed by atoms with E-state index in [1.54, 1.807) is 0 Å². The van der Waals surface area contributed by atoms with Crippen LogP contribution in [0, 0.1) is 0 Å². The highest BCUT2D eigenvalue weighted by molar-refractivity contribution is 5.15. The average Bonchev–Trinajstić information content (AvgIpc) is 2.52. The third kappa shape index (κ3) is 5.66. The number of nitrogens with one attached hydrogen (secondary N) is 1. The molecule has 0 radical (unpaired) electrons. The molecule has 21 heavy (non-hydrogen) atoms. The first-order valence-electron chi connectivity index (χ1n) is 7.66. The van der Waals surface area contributed by atoms with Crippen LogP contribution in [0.25, 0.3) is 0 Å². The first-order chi connectivity index (χ1) is 10.3. The molecule has 0 aliphatic carbocycles. The van der Waals surface area contributed by atoms with Crippen molar-refractivity contribution in [1.29, 1.82) is 0 Å². The van der Waals surface area contributed by atoms with Gasteiger partial charge in [-0.25, -0.2) is 0 Å². The molecule has 1 N–H and O–H groups in total. The molecule has 0 aliphatic heterocycles. The largest absolute Gasteiger partial charge is 0.311 e. The zero-order valence-corrected chi connectivity index (χ0v) is 13.0. The van der Waals surface area contributed by atoms with Crippen LogP contribution in [0.4, 0.5) is 0 Å². The summed E-state index contributed by atoms with van der Waals surface area (Å²) in [4.78, 5) is 7.03. The number of pyridine rings is 1. The number of nitrogens with zero attached hydrogens (tertiary/aromatic N) is 2. The van der Waals surface area contributed by atoms with Crippen molar-refractivity contribution in [2.24, 2.45) is 0 Å².